The highest BCUT2D eigenvalue weighted by Gasteiger charge is 2.13. The Morgan fingerprint density at radius 3 is 2.54 bits per heavy atom. The molecule has 1 heterocycles. The molecule has 3 rings (SSSR count). The highest BCUT2D eigenvalue weighted by atomic mass is 16.6. The van der Waals surface area contributed by atoms with E-state index in [0.29, 0.717) is 11.3 Å². The molecule has 0 aliphatic carbocycles. The molecular weight excluding hydrogens is 302 g/mol. The summed E-state index contributed by atoms with van der Waals surface area (Å²) in [7, 11) is 0. The minimum absolute atomic E-state index is 0.0978. The number of hydrogen-bond donors (Lipinski definition) is 0. The molecule has 0 atom stereocenters. The van der Waals surface area contributed by atoms with Gasteiger partial charge >= 0.3 is 0 Å². The molecule has 24 heavy (non-hydrogen) atoms. The summed E-state index contributed by atoms with van der Waals surface area (Å²) in [6.45, 7) is 3.61. The van der Waals surface area contributed by atoms with Crippen molar-refractivity contribution in [2.24, 2.45) is 4.99 Å². The van der Waals surface area contributed by atoms with Gasteiger partial charge in [-0.05, 0) is 49.7 Å². The zero-order chi connectivity index (χ0) is 17.1. The number of aryl methyl sites for hydroxylation is 1. The predicted molar refractivity (Wildman–Crippen MR) is 95.6 cm³/mol. The summed E-state index contributed by atoms with van der Waals surface area (Å²) in [5, 5.41) is 11.1. The van der Waals surface area contributed by atoms with E-state index >= 15 is 0 Å². The van der Waals surface area contributed by atoms with Crippen LogP contribution in [0, 0.1) is 24.0 Å². The van der Waals surface area contributed by atoms with Crippen LogP contribution in [-0.4, -0.2) is 15.7 Å². The van der Waals surface area contributed by atoms with E-state index < -0.39 is 0 Å². The first-order valence-corrected chi connectivity index (χ1v) is 7.59. The van der Waals surface area contributed by atoms with Crippen LogP contribution in [0.1, 0.15) is 16.8 Å². The van der Waals surface area contributed by atoms with Gasteiger partial charge in [0.15, 0.2) is 0 Å². The van der Waals surface area contributed by atoms with E-state index in [9.17, 15) is 10.1 Å². The monoisotopic (exact) mass is 319 g/mol. The van der Waals surface area contributed by atoms with Gasteiger partial charge in [0.05, 0.1) is 22.5 Å². The molecular formula is C19H17N3O2. The van der Waals surface area contributed by atoms with E-state index in [0.717, 1.165) is 16.9 Å². The highest BCUT2D eigenvalue weighted by Crippen LogP contribution is 2.27. The van der Waals surface area contributed by atoms with Gasteiger partial charge < -0.3 is 4.57 Å². The van der Waals surface area contributed by atoms with E-state index in [1.54, 1.807) is 13.1 Å². The Kier molecular flexibility index (Phi) is 4.24. The normalized spacial score (nSPS) is 11.1. The fraction of sp³-hybridized carbons (Fsp3) is 0.105. The lowest BCUT2D eigenvalue weighted by Crippen LogP contribution is -1.97. The van der Waals surface area contributed by atoms with Crippen molar-refractivity contribution in [2.45, 2.75) is 13.8 Å². The summed E-state index contributed by atoms with van der Waals surface area (Å²) in [4.78, 5) is 15.2. The van der Waals surface area contributed by atoms with Crippen molar-refractivity contribution in [3.8, 4) is 5.69 Å². The van der Waals surface area contributed by atoms with E-state index in [4.69, 9.17) is 0 Å². The molecule has 0 spiro atoms. The lowest BCUT2D eigenvalue weighted by Gasteiger charge is -2.06. The van der Waals surface area contributed by atoms with Gasteiger partial charge in [-0.15, -0.1) is 0 Å². The van der Waals surface area contributed by atoms with Crippen molar-refractivity contribution in [2.75, 3.05) is 0 Å². The number of aliphatic imine (C=N–C) groups is 1. The minimum atomic E-state index is -0.367. The summed E-state index contributed by atoms with van der Waals surface area (Å²) in [6, 6.07) is 17.2. The molecule has 5 heteroatoms. The number of hydrogen-bond acceptors (Lipinski definition) is 3. The molecule has 0 N–H and O–H groups in total. The van der Waals surface area contributed by atoms with Crippen molar-refractivity contribution in [1.82, 2.24) is 4.57 Å². The Morgan fingerprint density at radius 1 is 1.08 bits per heavy atom. The number of rotatable bonds is 4. The summed E-state index contributed by atoms with van der Waals surface area (Å²) < 4.78 is 2.01. The van der Waals surface area contributed by atoms with Crippen molar-refractivity contribution in [1.29, 1.82) is 0 Å². The maximum Gasteiger partial charge on any atom is 0.274 e. The smallest absolute Gasteiger partial charge is 0.274 e. The van der Waals surface area contributed by atoms with Gasteiger partial charge in [-0.25, -0.2) is 0 Å². The van der Waals surface area contributed by atoms with Crippen LogP contribution in [0.15, 0.2) is 65.8 Å². The number of nitro groups is 1. The number of para-hydroxylation sites is 1. The van der Waals surface area contributed by atoms with Crippen molar-refractivity contribution in [3.63, 3.8) is 0 Å². The van der Waals surface area contributed by atoms with Crippen LogP contribution in [0.25, 0.3) is 5.69 Å². The summed E-state index contributed by atoms with van der Waals surface area (Å²) in [5.74, 6) is 0. The summed E-state index contributed by atoms with van der Waals surface area (Å²) >= 11 is 0. The van der Waals surface area contributed by atoms with Crippen LogP contribution in [0.4, 0.5) is 11.4 Å². The van der Waals surface area contributed by atoms with Gasteiger partial charge in [0.2, 0.25) is 0 Å². The molecule has 0 unspecified atom stereocenters. The molecule has 0 radical (unpaired) electrons. The van der Waals surface area contributed by atoms with Crippen LogP contribution in [0.5, 0.6) is 0 Å². The Bertz CT molecular complexity index is 912. The minimum Gasteiger partial charge on any atom is -0.316 e. The topological polar surface area (TPSA) is 60.4 Å². The standard InChI is InChI=1S/C19H17N3O2/c1-14-11-16(12-19(15(14)2)22(23)24)20-13-18-9-6-10-21(18)17-7-4-3-5-8-17/h3-13H,1-2H3. The molecule has 0 aliphatic rings. The van der Waals surface area contributed by atoms with E-state index in [-0.39, 0.29) is 10.6 Å². The highest BCUT2D eigenvalue weighted by molar-refractivity contribution is 5.81. The molecule has 5 nitrogen and oxygen atoms in total. The first kappa shape index (κ1) is 15.7. The summed E-state index contributed by atoms with van der Waals surface area (Å²) in [5.41, 5.74) is 4.14. The second kappa shape index (κ2) is 6.50. The van der Waals surface area contributed by atoms with E-state index in [1.807, 2.05) is 66.2 Å². The third kappa shape index (κ3) is 3.10. The van der Waals surface area contributed by atoms with Gasteiger partial charge in [-0.3, -0.25) is 15.1 Å². The SMILES string of the molecule is Cc1cc(N=Cc2cccn2-c2ccccc2)cc([N+](=O)[O-])c1C. The maximum absolute atomic E-state index is 11.1. The largest absolute Gasteiger partial charge is 0.316 e. The first-order chi connectivity index (χ1) is 11.6. The van der Waals surface area contributed by atoms with Gasteiger partial charge in [0, 0.05) is 23.5 Å². The number of nitrogens with zero attached hydrogens (tertiary/aromatic N) is 3. The summed E-state index contributed by atoms with van der Waals surface area (Å²) in [6.07, 6.45) is 3.68. The molecule has 0 fully saturated rings. The average molecular weight is 319 g/mol. The Balaban J connectivity index is 1.96. The second-order valence-corrected chi connectivity index (χ2v) is 5.56. The maximum atomic E-state index is 11.1. The second-order valence-electron chi connectivity index (χ2n) is 5.56. The third-order valence-electron chi connectivity index (χ3n) is 3.98. The molecule has 2 aromatic carbocycles. The Labute approximate surface area is 140 Å². The lowest BCUT2D eigenvalue weighted by atomic mass is 10.1. The molecule has 120 valence electrons. The average Bonchev–Trinajstić information content (AvgIpc) is 3.05. The number of aromatic nitrogens is 1. The van der Waals surface area contributed by atoms with Crippen LogP contribution in [-0.2, 0) is 0 Å². The van der Waals surface area contributed by atoms with E-state index in [2.05, 4.69) is 4.99 Å². The number of benzene rings is 2. The number of nitro benzene ring substituents is 1. The molecule has 0 bridgehead atoms. The zero-order valence-corrected chi connectivity index (χ0v) is 13.5. The Morgan fingerprint density at radius 2 is 1.83 bits per heavy atom. The molecule has 0 amide bonds. The lowest BCUT2D eigenvalue weighted by molar-refractivity contribution is -0.385. The van der Waals surface area contributed by atoms with Crippen molar-refractivity contribution in [3.05, 3.63) is 87.7 Å². The molecule has 0 saturated heterocycles. The van der Waals surface area contributed by atoms with Gasteiger partial charge in [-0.1, -0.05) is 18.2 Å². The van der Waals surface area contributed by atoms with Crippen LogP contribution in [0.3, 0.4) is 0 Å². The first-order valence-electron chi connectivity index (χ1n) is 7.59. The molecule has 3 aromatic rings. The van der Waals surface area contributed by atoms with Gasteiger partial charge in [0.1, 0.15) is 0 Å². The van der Waals surface area contributed by atoms with Crippen LogP contribution < -0.4 is 0 Å². The van der Waals surface area contributed by atoms with E-state index in [1.165, 1.54) is 6.07 Å². The fourth-order valence-corrected chi connectivity index (χ4v) is 2.55. The molecule has 0 aliphatic heterocycles. The molecule has 0 saturated carbocycles. The van der Waals surface area contributed by atoms with Gasteiger partial charge in [-0.2, -0.15) is 0 Å². The van der Waals surface area contributed by atoms with Crippen molar-refractivity contribution < 1.29 is 4.92 Å². The quantitative estimate of drug-likeness (QED) is 0.396. The molecule has 1 aromatic heterocycles. The van der Waals surface area contributed by atoms with Crippen LogP contribution in [0.2, 0.25) is 0 Å². The zero-order valence-electron chi connectivity index (χ0n) is 13.5. The Hall–Kier alpha value is -3.21. The van der Waals surface area contributed by atoms with Gasteiger partial charge in [0.25, 0.3) is 5.69 Å². The van der Waals surface area contributed by atoms with Crippen molar-refractivity contribution >= 4 is 17.6 Å². The van der Waals surface area contributed by atoms with Crippen LogP contribution >= 0.6 is 0 Å². The fourth-order valence-electron chi connectivity index (χ4n) is 2.55. The predicted octanol–water partition coefficient (Wildman–Crippen LogP) is 4.75. The third-order valence-corrected chi connectivity index (χ3v) is 3.98.